The molecule has 2 aromatic rings. The van der Waals surface area contributed by atoms with Gasteiger partial charge in [-0.2, -0.15) is 13.2 Å². The normalized spacial score (nSPS) is 14.0. The lowest BCUT2D eigenvalue weighted by Gasteiger charge is -2.18. The van der Waals surface area contributed by atoms with Gasteiger partial charge in [-0.1, -0.05) is 12.1 Å². The smallest absolute Gasteiger partial charge is 0.416 e. The Kier molecular flexibility index (Phi) is 7.26. The minimum atomic E-state index is -4.72. The van der Waals surface area contributed by atoms with Crippen molar-refractivity contribution < 1.29 is 41.7 Å². The highest BCUT2D eigenvalue weighted by Gasteiger charge is 2.32. The Bertz CT molecular complexity index is 1050. The molecular formula is C23H23F4NO5. The number of hydrogen-bond donors (Lipinski definition) is 2. The third-order valence-corrected chi connectivity index (χ3v) is 5.03. The standard InChI is InChI=1S/C23H23F4NO5/c1-12(2)33-19(22(30)31)9-13-7-14-5-6-32-20(14)15(8-13)11-28-21(29)17-4-3-16(10-18(17)24)23(25,26)27/h3-4,7-8,10,12,19H,5-6,9,11H2,1-2H3,(H,28,29)(H,30,31). The Morgan fingerprint density at radius 1 is 1.21 bits per heavy atom. The van der Waals surface area contributed by atoms with E-state index in [0.717, 1.165) is 11.6 Å². The van der Waals surface area contributed by atoms with Crippen LogP contribution in [0.2, 0.25) is 0 Å². The van der Waals surface area contributed by atoms with Crippen LogP contribution in [0.15, 0.2) is 30.3 Å². The number of carboxylic acid groups (broad SMARTS) is 1. The van der Waals surface area contributed by atoms with E-state index in [-0.39, 0.29) is 25.1 Å². The van der Waals surface area contributed by atoms with Crippen molar-refractivity contribution in [1.29, 1.82) is 0 Å². The van der Waals surface area contributed by atoms with E-state index in [2.05, 4.69) is 5.32 Å². The molecule has 0 fully saturated rings. The number of ether oxygens (including phenoxy) is 2. The molecule has 1 amide bonds. The van der Waals surface area contributed by atoms with Gasteiger partial charge >= 0.3 is 12.1 Å². The first-order valence-electron chi connectivity index (χ1n) is 10.3. The molecule has 0 aromatic heterocycles. The number of carbonyl (C=O) groups excluding carboxylic acids is 1. The number of benzene rings is 2. The second-order valence-electron chi connectivity index (χ2n) is 7.93. The molecule has 2 N–H and O–H groups in total. The molecule has 0 saturated heterocycles. The number of nitrogens with one attached hydrogen (secondary N) is 1. The number of rotatable bonds is 8. The van der Waals surface area contributed by atoms with Crippen molar-refractivity contribution in [3.8, 4) is 5.75 Å². The molecule has 33 heavy (non-hydrogen) atoms. The monoisotopic (exact) mass is 469 g/mol. The van der Waals surface area contributed by atoms with Crippen LogP contribution in [0.5, 0.6) is 5.75 Å². The predicted octanol–water partition coefficient (Wildman–Crippen LogP) is 4.13. The summed E-state index contributed by atoms with van der Waals surface area (Å²) in [7, 11) is 0. The first kappa shape index (κ1) is 24.5. The number of carboxylic acids is 1. The van der Waals surface area contributed by atoms with E-state index in [1.54, 1.807) is 19.9 Å². The largest absolute Gasteiger partial charge is 0.493 e. The predicted molar refractivity (Wildman–Crippen MR) is 110 cm³/mol. The molecule has 0 bridgehead atoms. The summed E-state index contributed by atoms with van der Waals surface area (Å²) in [6.07, 6.45) is -5.38. The Balaban J connectivity index is 1.78. The van der Waals surface area contributed by atoms with Crippen LogP contribution in [0.3, 0.4) is 0 Å². The maximum atomic E-state index is 14.1. The fraction of sp³-hybridized carbons (Fsp3) is 0.391. The summed E-state index contributed by atoms with van der Waals surface area (Å²) in [5.74, 6) is -2.73. The molecular weight excluding hydrogens is 446 g/mol. The van der Waals surface area contributed by atoms with Crippen molar-refractivity contribution in [2.45, 2.75) is 51.6 Å². The summed E-state index contributed by atoms with van der Waals surface area (Å²) in [6.45, 7) is 3.79. The molecule has 1 heterocycles. The Morgan fingerprint density at radius 2 is 1.94 bits per heavy atom. The number of fused-ring (bicyclic) bond motifs is 1. The SMILES string of the molecule is CC(C)OC(Cc1cc2c(c(CNC(=O)c3ccc(C(F)(F)F)cc3F)c1)OCC2)C(=O)O. The van der Waals surface area contributed by atoms with E-state index >= 15 is 0 Å². The molecule has 0 saturated carbocycles. The zero-order chi connectivity index (χ0) is 24.3. The first-order chi connectivity index (χ1) is 15.5. The molecule has 1 aliphatic heterocycles. The summed E-state index contributed by atoms with van der Waals surface area (Å²) in [6, 6.07) is 5.19. The van der Waals surface area contributed by atoms with Gasteiger partial charge in [0.2, 0.25) is 0 Å². The molecule has 6 nitrogen and oxygen atoms in total. The van der Waals surface area contributed by atoms with E-state index in [1.165, 1.54) is 0 Å². The highest BCUT2D eigenvalue weighted by molar-refractivity contribution is 5.94. The molecule has 2 aromatic carbocycles. The van der Waals surface area contributed by atoms with Crippen LogP contribution in [0.25, 0.3) is 0 Å². The summed E-state index contributed by atoms with van der Waals surface area (Å²) in [5.41, 5.74) is 0.345. The molecule has 1 aliphatic rings. The summed E-state index contributed by atoms with van der Waals surface area (Å²) >= 11 is 0. The topological polar surface area (TPSA) is 84.9 Å². The van der Waals surface area contributed by atoms with Crippen molar-refractivity contribution >= 4 is 11.9 Å². The van der Waals surface area contributed by atoms with E-state index in [4.69, 9.17) is 9.47 Å². The number of hydrogen-bond acceptors (Lipinski definition) is 4. The number of alkyl halides is 3. The third kappa shape index (κ3) is 6.01. The number of carbonyl (C=O) groups is 2. The molecule has 0 spiro atoms. The zero-order valence-corrected chi connectivity index (χ0v) is 18.0. The molecule has 0 aliphatic carbocycles. The Morgan fingerprint density at radius 3 is 2.55 bits per heavy atom. The van der Waals surface area contributed by atoms with E-state index in [1.807, 2.05) is 6.07 Å². The van der Waals surface area contributed by atoms with Crippen molar-refractivity contribution in [3.63, 3.8) is 0 Å². The van der Waals surface area contributed by atoms with Crippen LogP contribution in [-0.4, -0.2) is 35.8 Å². The van der Waals surface area contributed by atoms with Gasteiger partial charge in [0.05, 0.1) is 23.8 Å². The quantitative estimate of drug-likeness (QED) is 0.568. The van der Waals surface area contributed by atoms with E-state index in [9.17, 15) is 32.3 Å². The second-order valence-corrected chi connectivity index (χ2v) is 7.93. The zero-order valence-electron chi connectivity index (χ0n) is 18.0. The minimum Gasteiger partial charge on any atom is -0.493 e. The van der Waals surface area contributed by atoms with Gasteiger partial charge in [0.1, 0.15) is 11.6 Å². The van der Waals surface area contributed by atoms with Crippen molar-refractivity contribution in [3.05, 3.63) is 64.0 Å². The first-order valence-corrected chi connectivity index (χ1v) is 10.3. The molecule has 10 heteroatoms. The fourth-order valence-electron chi connectivity index (χ4n) is 3.59. The highest BCUT2D eigenvalue weighted by Crippen LogP contribution is 2.32. The lowest BCUT2D eigenvalue weighted by molar-refractivity contribution is -0.153. The van der Waals surface area contributed by atoms with Gasteiger partial charge in [-0.15, -0.1) is 0 Å². The van der Waals surface area contributed by atoms with E-state index in [0.29, 0.717) is 36.0 Å². The molecule has 0 radical (unpaired) electrons. The van der Waals surface area contributed by atoms with Crippen molar-refractivity contribution in [2.24, 2.45) is 0 Å². The second kappa shape index (κ2) is 9.78. The summed E-state index contributed by atoms with van der Waals surface area (Å²) in [4.78, 5) is 23.9. The maximum Gasteiger partial charge on any atom is 0.416 e. The number of aliphatic carboxylic acids is 1. The van der Waals surface area contributed by atoms with Crippen LogP contribution in [0, 0.1) is 5.82 Å². The summed E-state index contributed by atoms with van der Waals surface area (Å²) < 4.78 is 63.3. The molecule has 1 atom stereocenters. The van der Waals surface area contributed by atoms with E-state index < -0.39 is 41.1 Å². The van der Waals surface area contributed by atoms with Crippen LogP contribution >= 0.6 is 0 Å². The van der Waals surface area contributed by atoms with Crippen LogP contribution in [0.4, 0.5) is 17.6 Å². The highest BCUT2D eigenvalue weighted by atomic mass is 19.4. The van der Waals surface area contributed by atoms with Crippen LogP contribution in [0.1, 0.15) is 46.5 Å². The molecule has 3 rings (SSSR count). The van der Waals surface area contributed by atoms with Gasteiger partial charge in [0.25, 0.3) is 5.91 Å². The maximum absolute atomic E-state index is 14.1. The van der Waals surface area contributed by atoms with Crippen LogP contribution in [-0.2, 0) is 35.1 Å². The average molecular weight is 469 g/mol. The van der Waals surface area contributed by atoms with Gasteiger partial charge in [-0.05, 0) is 43.2 Å². The van der Waals surface area contributed by atoms with Gasteiger partial charge in [0, 0.05) is 24.9 Å². The summed E-state index contributed by atoms with van der Waals surface area (Å²) in [5, 5.41) is 11.9. The molecule has 178 valence electrons. The Hall–Kier alpha value is -3.14. The molecule has 1 unspecified atom stereocenters. The lowest BCUT2D eigenvalue weighted by Crippen LogP contribution is -2.29. The van der Waals surface area contributed by atoms with Gasteiger partial charge in [-0.3, -0.25) is 4.79 Å². The number of halogens is 4. The number of amides is 1. The lowest BCUT2D eigenvalue weighted by atomic mass is 9.99. The van der Waals surface area contributed by atoms with Gasteiger partial charge in [-0.25, -0.2) is 9.18 Å². The van der Waals surface area contributed by atoms with Gasteiger partial charge < -0.3 is 19.9 Å². The van der Waals surface area contributed by atoms with Crippen LogP contribution < -0.4 is 10.1 Å². The fourth-order valence-corrected chi connectivity index (χ4v) is 3.59. The third-order valence-electron chi connectivity index (χ3n) is 5.03. The average Bonchev–Trinajstić information content (AvgIpc) is 3.19. The van der Waals surface area contributed by atoms with Crippen molar-refractivity contribution in [2.75, 3.05) is 6.61 Å². The van der Waals surface area contributed by atoms with Crippen molar-refractivity contribution in [1.82, 2.24) is 5.32 Å². The Labute approximate surface area is 187 Å². The minimum absolute atomic E-state index is 0.0851. The van der Waals surface area contributed by atoms with Gasteiger partial charge in [0.15, 0.2) is 6.10 Å².